The van der Waals surface area contributed by atoms with Crippen LogP contribution in [0.1, 0.15) is 5.56 Å². The highest BCUT2D eigenvalue weighted by Crippen LogP contribution is 2.30. The third-order valence-corrected chi connectivity index (χ3v) is 3.59. The van der Waals surface area contributed by atoms with E-state index in [9.17, 15) is 0 Å². The molecule has 108 valence electrons. The molecule has 22 heavy (non-hydrogen) atoms. The number of H-pyrrole nitrogens is 1. The molecular formula is C17H15N5. The molecule has 0 spiro atoms. The lowest BCUT2D eigenvalue weighted by molar-refractivity contribution is 0.980. The number of aryl methyl sites for hydroxylation is 1. The zero-order valence-corrected chi connectivity index (χ0v) is 12.1. The number of hydrogen-bond acceptors (Lipinski definition) is 3. The van der Waals surface area contributed by atoms with Crippen LogP contribution in [-0.4, -0.2) is 19.6 Å². The fourth-order valence-corrected chi connectivity index (χ4v) is 2.45. The highest BCUT2D eigenvalue weighted by Gasteiger charge is 2.15. The molecule has 5 heteroatoms. The fourth-order valence-electron chi connectivity index (χ4n) is 2.45. The number of nitrogens with zero attached hydrogens (tertiary/aromatic N) is 3. The van der Waals surface area contributed by atoms with Gasteiger partial charge in [-0.05, 0) is 19.1 Å². The number of anilines is 2. The Hall–Kier alpha value is -3.08. The van der Waals surface area contributed by atoms with E-state index in [0.29, 0.717) is 5.78 Å². The SMILES string of the molecule is Cc1ccc(-c2nc3nc[nH]n3c2Nc2ccccc2)cc1. The largest absolute Gasteiger partial charge is 0.338 e. The minimum Gasteiger partial charge on any atom is -0.338 e. The van der Waals surface area contributed by atoms with E-state index in [2.05, 4.69) is 51.6 Å². The molecule has 2 N–H and O–H groups in total. The number of hydrogen-bond donors (Lipinski definition) is 2. The van der Waals surface area contributed by atoms with E-state index in [4.69, 9.17) is 0 Å². The Labute approximate surface area is 127 Å². The lowest BCUT2D eigenvalue weighted by atomic mass is 10.1. The quantitative estimate of drug-likeness (QED) is 0.603. The van der Waals surface area contributed by atoms with Gasteiger partial charge in [-0.3, -0.25) is 5.10 Å². The molecule has 2 aromatic carbocycles. The Bertz CT molecular complexity index is 903. The zero-order valence-electron chi connectivity index (χ0n) is 12.1. The van der Waals surface area contributed by atoms with Crippen LogP contribution in [0.3, 0.4) is 0 Å². The summed E-state index contributed by atoms with van der Waals surface area (Å²) in [6.07, 6.45) is 1.64. The molecular weight excluding hydrogens is 274 g/mol. The summed E-state index contributed by atoms with van der Waals surface area (Å²) in [5.41, 5.74) is 4.17. The number of rotatable bonds is 3. The van der Waals surface area contributed by atoms with Crippen molar-refractivity contribution >= 4 is 17.3 Å². The number of imidazole rings is 1. The Morgan fingerprint density at radius 2 is 1.77 bits per heavy atom. The number of para-hydroxylation sites is 1. The molecule has 0 amide bonds. The Morgan fingerprint density at radius 1 is 1.00 bits per heavy atom. The Kier molecular flexibility index (Phi) is 2.89. The molecule has 4 rings (SSSR count). The molecule has 0 aliphatic heterocycles. The third kappa shape index (κ3) is 2.13. The van der Waals surface area contributed by atoms with E-state index in [1.807, 2.05) is 34.8 Å². The molecule has 0 radical (unpaired) electrons. The first-order valence-electron chi connectivity index (χ1n) is 7.12. The summed E-state index contributed by atoms with van der Waals surface area (Å²) in [5.74, 6) is 1.52. The highest BCUT2D eigenvalue weighted by atomic mass is 15.4. The molecule has 0 atom stereocenters. The van der Waals surface area contributed by atoms with Crippen molar-refractivity contribution < 1.29 is 0 Å². The lowest BCUT2D eigenvalue weighted by Gasteiger charge is -2.08. The van der Waals surface area contributed by atoms with E-state index < -0.39 is 0 Å². The van der Waals surface area contributed by atoms with Crippen molar-refractivity contribution in [1.29, 1.82) is 0 Å². The summed E-state index contributed by atoms with van der Waals surface area (Å²) >= 11 is 0. The second-order valence-corrected chi connectivity index (χ2v) is 5.19. The maximum Gasteiger partial charge on any atom is 0.252 e. The number of aromatic nitrogens is 4. The van der Waals surface area contributed by atoms with Gasteiger partial charge in [0.2, 0.25) is 0 Å². The number of benzene rings is 2. The van der Waals surface area contributed by atoms with Gasteiger partial charge in [-0.25, -0.2) is 14.5 Å². The van der Waals surface area contributed by atoms with Crippen molar-refractivity contribution in [3.05, 3.63) is 66.5 Å². The highest BCUT2D eigenvalue weighted by molar-refractivity contribution is 5.78. The van der Waals surface area contributed by atoms with E-state index >= 15 is 0 Å². The van der Waals surface area contributed by atoms with Crippen LogP contribution in [0.15, 0.2) is 60.9 Å². The van der Waals surface area contributed by atoms with Gasteiger partial charge in [0.05, 0.1) is 0 Å². The predicted molar refractivity (Wildman–Crippen MR) is 87.2 cm³/mol. The van der Waals surface area contributed by atoms with Crippen LogP contribution in [0.2, 0.25) is 0 Å². The Morgan fingerprint density at radius 3 is 2.55 bits per heavy atom. The summed E-state index contributed by atoms with van der Waals surface area (Å²) in [7, 11) is 0. The first-order valence-corrected chi connectivity index (χ1v) is 7.12. The van der Waals surface area contributed by atoms with Gasteiger partial charge in [0.15, 0.2) is 5.82 Å². The molecule has 4 aromatic rings. The normalized spacial score (nSPS) is 11.0. The fraction of sp³-hybridized carbons (Fsp3) is 0.0588. The average molecular weight is 289 g/mol. The van der Waals surface area contributed by atoms with Crippen molar-refractivity contribution in [2.45, 2.75) is 6.92 Å². The molecule has 0 aliphatic carbocycles. The van der Waals surface area contributed by atoms with Crippen LogP contribution in [0.4, 0.5) is 11.5 Å². The van der Waals surface area contributed by atoms with Gasteiger partial charge in [-0.1, -0.05) is 48.0 Å². The topological polar surface area (TPSA) is 58.0 Å². The first-order chi connectivity index (χ1) is 10.8. The van der Waals surface area contributed by atoms with Crippen molar-refractivity contribution in [3.8, 4) is 11.3 Å². The summed E-state index contributed by atoms with van der Waals surface area (Å²) in [4.78, 5) is 8.87. The number of aromatic amines is 1. The molecule has 0 unspecified atom stereocenters. The summed E-state index contributed by atoms with van der Waals surface area (Å²) in [6, 6.07) is 18.4. The third-order valence-electron chi connectivity index (χ3n) is 3.59. The minimum atomic E-state index is 0.647. The number of nitrogens with one attached hydrogen (secondary N) is 2. The van der Waals surface area contributed by atoms with E-state index in [-0.39, 0.29) is 0 Å². The van der Waals surface area contributed by atoms with E-state index in [0.717, 1.165) is 22.8 Å². The van der Waals surface area contributed by atoms with Gasteiger partial charge in [0.1, 0.15) is 12.0 Å². The van der Waals surface area contributed by atoms with Crippen molar-refractivity contribution in [1.82, 2.24) is 19.6 Å². The average Bonchev–Trinajstić information content (AvgIpc) is 3.12. The first kappa shape index (κ1) is 12.6. The van der Waals surface area contributed by atoms with Gasteiger partial charge < -0.3 is 5.32 Å². The van der Waals surface area contributed by atoms with Gasteiger partial charge in [0.25, 0.3) is 5.78 Å². The second kappa shape index (κ2) is 5.04. The van der Waals surface area contributed by atoms with Crippen LogP contribution in [0, 0.1) is 6.92 Å². The molecule has 0 fully saturated rings. The summed E-state index contributed by atoms with van der Waals surface area (Å²) in [5, 5.41) is 6.51. The van der Waals surface area contributed by atoms with Gasteiger partial charge in [-0.15, -0.1) is 0 Å². The smallest absolute Gasteiger partial charge is 0.252 e. The maximum atomic E-state index is 4.63. The summed E-state index contributed by atoms with van der Waals surface area (Å²) < 4.78 is 1.85. The van der Waals surface area contributed by atoms with Gasteiger partial charge >= 0.3 is 0 Å². The van der Waals surface area contributed by atoms with Gasteiger partial charge in [-0.2, -0.15) is 0 Å². The van der Waals surface area contributed by atoms with E-state index in [1.165, 1.54) is 5.56 Å². The standard InChI is InChI=1S/C17H15N5/c1-12-7-9-13(10-8-12)15-16(20-14-5-3-2-4-6-14)22-17(21-15)18-11-19-22/h2-11,20H,1H3,(H,18,19,21). The predicted octanol–water partition coefficient (Wildman–Crippen LogP) is 3.78. The summed E-state index contributed by atoms with van der Waals surface area (Å²) in [6.45, 7) is 2.08. The van der Waals surface area contributed by atoms with Crippen LogP contribution < -0.4 is 5.32 Å². The molecule has 0 saturated carbocycles. The lowest BCUT2D eigenvalue weighted by Crippen LogP contribution is -1.97. The Balaban J connectivity index is 1.86. The molecule has 0 bridgehead atoms. The number of fused-ring (bicyclic) bond motifs is 1. The van der Waals surface area contributed by atoms with Crippen molar-refractivity contribution in [3.63, 3.8) is 0 Å². The van der Waals surface area contributed by atoms with Crippen LogP contribution >= 0.6 is 0 Å². The maximum absolute atomic E-state index is 4.63. The molecule has 2 heterocycles. The minimum absolute atomic E-state index is 0.647. The monoisotopic (exact) mass is 289 g/mol. The van der Waals surface area contributed by atoms with Crippen molar-refractivity contribution in [2.24, 2.45) is 0 Å². The van der Waals surface area contributed by atoms with Crippen molar-refractivity contribution in [2.75, 3.05) is 5.32 Å². The molecule has 5 nitrogen and oxygen atoms in total. The molecule has 0 aliphatic rings. The molecule has 2 aromatic heterocycles. The second-order valence-electron chi connectivity index (χ2n) is 5.19. The van der Waals surface area contributed by atoms with Crippen LogP contribution in [-0.2, 0) is 0 Å². The molecule has 0 saturated heterocycles. The van der Waals surface area contributed by atoms with Crippen LogP contribution in [0.5, 0.6) is 0 Å². The zero-order chi connectivity index (χ0) is 14.9. The van der Waals surface area contributed by atoms with E-state index in [1.54, 1.807) is 6.33 Å². The van der Waals surface area contributed by atoms with Gasteiger partial charge in [0, 0.05) is 11.3 Å². The van der Waals surface area contributed by atoms with Crippen LogP contribution in [0.25, 0.3) is 17.0 Å².